The maximum absolute atomic E-state index is 13.2. The Labute approximate surface area is 193 Å². The standard InChI is InChI=1S/C26H30N4O3/c1-16-10-12-29(13-11-16)26(33)21-14-30(25-20(24(21)32)9-8-19(4)27-25)15-22(31)28-23-17(2)6-5-7-18(23)3/h5-9,14,16H,10-13,15H2,1-4H3,(H,28,31). The summed E-state index contributed by atoms with van der Waals surface area (Å²) in [5.41, 5.74) is 3.59. The van der Waals surface area contributed by atoms with Gasteiger partial charge in [0.05, 0.1) is 5.39 Å². The van der Waals surface area contributed by atoms with Crippen LogP contribution in [-0.4, -0.2) is 39.4 Å². The molecule has 0 unspecified atom stereocenters. The Hall–Kier alpha value is -3.48. The van der Waals surface area contributed by atoms with Gasteiger partial charge in [-0.1, -0.05) is 25.1 Å². The van der Waals surface area contributed by atoms with Crippen molar-refractivity contribution >= 4 is 28.5 Å². The number of hydrogen-bond donors (Lipinski definition) is 1. The highest BCUT2D eigenvalue weighted by molar-refractivity contribution is 5.98. The van der Waals surface area contributed by atoms with Crippen molar-refractivity contribution in [2.24, 2.45) is 5.92 Å². The van der Waals surface area contributed by atoms with Gasteiger partial charge in [-0.2, -0.15) is 0 Å². The molecule has 0 aliphatic carbocycles. The van der Waals surface area contributed by atoms with Crippen molar-refractivity contribution in [1.82, 2.24) is 14.5 Å². The summed E-state index contributed by atoms with van der Waals surface area (Å²) in [7, 11) is 0. The molecule has 0 saturated carbocycles. The monoisotopic (exact) mass is 446 g/mol. The number of fused-ring (bicyclic) bond motifs is 1. The number of benzene rings is 1. The van der Waals surface area contributed by atoms with Gasteiger partial charge in [0.25, 0.3) is 5.91 Å². The lowest BCUT2D eigenvalue weighted by Gasteiger charge is -2.30. The number of pyridine rings is 2. The topological polar surface area (TPSA) is 84.3 Å². The van der Waals surface area contributed by atoms with Crippen molar-refractivity contribution in [1.29, 1.82) is 0 Å². The van der Waals surface area contributed by atoms with E-state index in [9.17, 15) is 14.4 Å². The van der Waals surface area contributed by atoms with Crippen LogP contribution < -0.4 is 10.7 Å². The summed E-state index contributed by atoms with van der Waals surface area (Å²) in [6.45, 7) is 9.11. The first-order valence-electron chi connectivity index (χ1n) is 11.4. The normalized spacial score (nSPS) is 14.5. The van der Waals surface area contributed by atoms with Gasteiger partial charge in [-0.05, 0) is 62.8 Å². The van der Waals surface area contributed by atoms with Crippen LogP contribution in [0.3, 0.4) is 0 Å². The first-order valence-corrected chi connectivity index (χ1v) is 11.4. The molecule has 33 heavy (non-hydrogen) atoms. The highest BCUT2D eigenvalue weighted by atomic mass is 16.2. The number of carbonyl (C=O) groups excluding carboxylic acids is 2. The van der Waals surface area contributed by atoms with E-state index in [-0.39, 0.29) is 29.4 Å². The second-order valence-corrected chi connectivity index (χ2v) is 9.11. The molecule has 0 radical (unpaired) electrons. The van der Waals surface area contributed by atoms with Crippen LogP contribution in [0.1, 0.15) is 46.9 Å². The molecule has 3 aromatic rings. The number of nitrogens with one attached hydrogen (secondary N) is 1. The number of likely N-dealkylation sites (tertiary alicyclic amines) is 1. The third-order valence-electron chi connectivity index (χ3n) is 6.42. The van der Waals surface area contributed by atoms with Crippen LogP contribution in [0, 0.1) is 26.7 Å². The molecule has 7 nitrogen and oxygen atoms in total. The van der Waals surface area contributed by atoms with Gasteiger partial charge in [0.15, 0.2) is 0 Å². The fraction of sp³-hybridized carbons (Fsp3) is 0.385. The van der Waals surface area contributed by atoms with Crippen LogP contribution in [0.25, 0.3) is 11.0 Å². The van der Waals surface area contributed by atoms with E-state index in [2.05, 4.69) is 17.2 Å². The highest BCUT2D eigenvalue weighted by Gasteiger charge is 2.25. The molecule has 1 saturated heterocycles. The smallest absolute Gasteiger partial charge is 0.259 e. The number of nitrogens with zero attached hydrogens (tertiary/aromatic N) is 3. The molecule has 1 fully saturated rings. The van der Waals surface area contributed by atoms with E-state index in [1.165, 1.54) is 6.20 Å². The van der Waals surface area contributed by atoms with Crippen LogP contribution in [0.15, 0.2) is 41.3 Å². The summed E-state index contributed by atoms with van der Waals surface area (Å²) in [5, 5.41) is 3.32. The molecule has 7 heteroatoms. The number of amides is 2. The molecule has 0 spiro atoms. The van der Waals surface area contributed by atoms with Gasteiger partial charge < -0.3 is 14.8 Å². The number of piperidine rings is 1. The molecular weight excluding hydrogens is 416 g/mol. The molecule has 4 rings (SSSR count). The van der Waals surface area contributed by atoms with Gasteiger partial charge in [0.2, 0.25) is 11.3 Å². The maximum atomic E-state index is 13.2. The number of hydrogen-bond acceptors (Lipinski definition) is 4. The van der Waals surface area contributed by atoms with Crippen LogP contribution >= 0.6 is 0 Å². The van der Waals surface area contributed by atoms with Crippen molar-refractivity contribution in [2.45, 2.75) is 47.1 Å². The molecular formula is C26H30N4O3. The van der Waals surface area contributed by atoms with Crippen LogP contribution in [0.2, 0.25) is 0 Å². The molecule has 1 aliphatic heterocycles. The summed E-state index contributed by atoms with van der Waals surface area (Å²) >= 11 is 0. The van der Waals surface area contributed by atoms with E-state index >= 15 is 0 Å². The second-order valence-electron chi connectivity index (χ2n) is 9.11. The fourth-order valence-corrected chi connectivity index (χ4v) is 4.36. The first kappa shape index (κ1) is 22.7. The Balaban J connectivity index is 1.71. The van der Waals surface area contributed by atoms with E-state index in [0.29, 0.717) is 30.0 Å². The quantitative estimate of drug-likeness (QED) is 0.660. The number of para-hydroxylation sites is 1. The van der Waals surface area contributed by atoms with Crippen molar-refractivity contribution < 1.29 is 9.59 Å². The average Bonchev–Trinajstić information content (AvgIpc) is 2.78. The zero-order chi connectivity index (χ0) is 23.7. The minimum absolute atomic E-state index is 0.0572. The lowest BCUT2D eigenvalue weighted by atomic mass is 9.98. The summed E-state index contributed by atoms with van der Waals surface area (Å²) in [4.78, 5) is 45.7. The van der Waals surface area contributed by atoms with E-state index in [1.807, 2.05) is 39.0 Å². The molecule has 2 aromatic heterocycles. The maximum Gasteiger partial charge on any atom is 0.259 e. The lowest BCUT2D eigenvalue weighted by molar-refractivity contribution is -0.116. The fourth-order valence-electron chi connectivity index (χ4n) is 4.36. The van der Waals surface area contributed by atoms with Gasteiger partial charge >= 0.3 is 0 Å². The van der Waals surface area contributed by atoms with Crippen molar-refractivity contribution in [3.63, 3.8) is 0 Å². The van der Waals surface area contributed by atoms with Crippen molar-refractivity contribution in [2.75, 3.05) is 18.4 Å². The predicted molar refractivity (Wildman–Crippen MR) is 130 cm³/mol. The Morgan fingerprint density at radius 1 is 1.06 bits per heavy atom. The molecule has 172 valence electrons. The Kier molecular flexibility index (Phi) is 6.31. The number of aryl methyl sites for hydroxylation is 3. The zero-order valence-electron chi connectivity index (χ0n) is 19.6. The van der Waals surface area contributed by atoms with E-state index in [0.717, 1.165) is 35.3 Å². The Morgan fingerprint density at radius 2 is 1.73 bits per heavy atom. The average molecular weight is 447 g/mol. The van der Waals surface area contributed by atoms with Crippen LogP contribution in [0.5, 0.6) is 0 Å². The summed E-state index contributed by atoms with van der Waals surface area (Å²) < 4.78 is 1.62. The summed E-state index contributed by atoms with van der Waals surface area (Å²) in [5.74, 6) is 0.0483. The zero-order valence-corrected chi connectivity index (χ0v) is 19.6. The minimum Gasteiger partial charge on any atom is -0.338 e. The minimum atomic E-state index is -0.340. The second kappa shape index (κ2) is 9.17. The third-order valence-corrected chi connectivity index (χ3v) is 6.42. The largest absolute Gasteiger partial charge is 0.338 e. The van der Waals surface area contributed by atoms with E-state index < -0.39 is 0 Å². The Morgan fingerprint density at radius 3 is 2.39 bits per heavy atom. The number of rotatable bonds is 4. The first-order chi connectivity index (χ1) is 15.7. The van der Waals surface area contributed by atoms with Crippen molar-refractivity contribution in [3.05, 3.63) is 69.1 Å². The number of anilines is 1. The van der Waals surface area contributed by atoms with Gasteiger partial charge in [-0.25, -0.2) is 4.98 Å². The van der Waals surface area contributed by atoms with Crippen LogP contribution in [0.4, 0.5) is 5.69 Å². The molecule has 2 amide bonds. The molecule has 0 atom stereocenters. The molecule has 1 aliphatic rings. The molecule has 1 N–H and O–H groups in total. The molecule has 0 bridgehead atoms. The highest BCUT2D eigenvalue weighted by Crippen LogP contribution is 2.21. The van der Waals surface area contributed by atoms with Crippen LogP contribution in [-0.2, 0) is 11.3 Å². The van der Waals surface area contributed by atoms with Crippen molar-refractivity contribution in [3.8, 4) is 0 Å². The van der Waals surface area contributed by atoms with Gasteiger partial charge in [-0.3, -0.25) is 14.4 Å². The Bertz CT molecular complexity index is 1270. The summed E-state index contributed by atoms with van der Waals surface area (Å²) in [6, 6.07) is 9.27. The lowest BCUT2D eigenvalue weighted by Crippen LogP contribution is -2.40. The number of carbonyl (C=O) groups is 2. The number of aromatic nitrogens is 2. The third kappa shape index (κ3) is 4.67. The van der Waals surface area contributed by atoms with E-state index in [4.69, 9.17) is 0 Å². The summed E-state index contributed by atoms with van der Waals surface area (Å²) in [6.07, 6.45) is 3.35. The van der Waals surface area contributed by atoms with Gasteiger partial charge in [0, 0.05) is 30.7 Å². The van der Waals surface area contributed by atoms with Gasteiger partial charge in [-0.15, -0.1) is 0 Å². The van der Waals surface area contributed by atoms with E-state index in [1.54, 1.807) is 21.6 Å². The predicted octanol–water partition coefficient (Wildman–Crippen LogP) is 3.83. The van der Waals surface area contributed by atoms with Gasteiger partial charge in [0.1, 0.15) is 17.8 Å². The molecule has 3 heterocycles. The SMILES string of the molecule is Cc1ccc2c(=O)c(C(=O)N3CCC(C)CC3)cn(CC(=O)Nc3c(C)cccc3C)c2n1. The molecule has 1 aromatic carbocycles.